The summed E-state index contributed by atoms with van der Waals surface area (Å²) >= 11 is 13.3. The Hall–Kier alpha value is -0.390. The third-order valence-electron chi connectivity index (χ3n) is 4.00. The standard InChI is InChI=1S/C14H12Br2ClNO2/c15-9-5-7-8(6-10(9)16)14(20)18(13(7)19)12-4-2-1-3-11(12)17/h1-4,7-10H,5-6H2/t7-,8-,9+,10+/m0/s1. The van der Waals surface area contributed by atoms with Crippen molar-refractivity contribution in [1.29, 1.82) is 0 Å². The van der Waals surface area contributed by atoms with Crippen molar-refractivity contribution in [3.63, 3.8) is 0 Å². The van der Waals surface area contributed by atoms with Crippen LogP contribution in [0.5, 0.6) is 0 Å². The number of fused-ring (bicyclic) bond motifs is 1. The lowest BCUT2D eigenvalue weighted by molar-refractivity contribution is -0.122. The van der Waals surface area contributed by atoms with Crippen LogP contribution in [0.3, 0.4) is 0 Å². The van der Waals surface area contributed by atoms with Crippen molar-refractivity contribution in [2.24, 2.45) is 11.8 Å². The minimum atomic E-state index is -0.239. The van der Waals surface area contributed by atoms with Gasteiger partial charge in [0.1, 0.15) is 0 Å². The zero-order chi connectivity index (χ0) is 14.4. The number of imide groups is 1. The van der Waals surface area contributed by atoms with Gasteiger partial charge in [-0.1, -0.05) is 55.6 Å². The highest BCUT2D eigenvalue weighted by Gasteiger charge is 2.52. The molecule has 20 heavy (non-hydrogen) atoms. The molecule has 2 fully saturated rings. The lowest BCUT2D eigenvalue weighted by Gasteiger charge is -2.29. The third-order valence-corrected chi connectivity index (χ3v) is 7.06. The maximum Gasteiger partial charge on any atom is 0.237 e. The molecular weight excluding hydrogens is 409 g/mol. The molecule has 3 nitrogen and oxygen atoms in total. The van der Waals surface area contributed by atoms with Gasteiger partial charge in [0.25, 0.3) is 0 Å². The van der Waals surface area contributed by atoms with Gasteiger partial charge in [-0.15, -0.1) is 0 Å². The first-order chi connectivity index (χ1) is 9.50. The third kappa shape index (κ3) is 2.24. The number of amides is 2. The number of carbonyl (C=O) groups excluding carboxylic acids is 2. The van der Waals surface area contributed by atoms with Gasteiger partial charge < -0.3 is 0 Å². The minimum Gasteiger partial charge on any atom is -0.274 e. The fraction of sp³-hybridized carbons (Fsp3) is 0.429. The van der Waals surface area contributed by atoms with E-state index in [0.29, 0.717) is 23.6 Å². The number of hydrogen-bond acceptors (Lipinski definition) is 2. The zero-order valence-corrected chi connectivity index (χ0v) is 14.4. The molecule has 1 aromatic rings. The van der Waals surface area contributed by atoms with Crippen molar-refractivity contribution < 1.29 is 9.59 Å². The number of carbonyl (C=O) groups is 2. The van der Waals surface area contributed by atoms with Crippen LogP contribution in [0.4, 0.5) is 5.69 Å². The van der Waals surface area contributed by atoms with E-state index in [1.165, 1.54) is 4.90 Å². The molecule has 1 aliphatic carbocycles. The molecule has 2 aliphatic rings. The average molecular weight is 422 g/mol. The number of hydrogen-bond donors (Lipinski definition) is 0. The molecule has 0 radical (unpaired) electrons. The topological polar surface area (TPSA) is 37.4 Å². The van der Waals surface area contributed by atoms with Gasteiger partial charge >= 0.3 is 0 Å². The molecule has 0 aromatic heterocycles. The molecule has 4 atom stereocenters. The van der Waals surface area contributed by atoms with Gasteiger partial charge in [0.15, 0.2) is 0 Å². The summed E-state index contributed by atoms with van der Waals surface area (Å²) in [6.45, 7) is 0. The van der Waals surface area contributed by atoms with E-state index >= 15 is 0 Å². The number of alkyl halides is 2. The molecule has 3 rings (SSSR count). The summed E-state index contributed by atoms with van der Waals surface area (Å²) in [5, 5.41) is 0.429. The zero-order valence-electron chi connectivity index (χ0n) is 10.4. The average Bonchev–Trinajstić information content (AvgIpc) is 2.64. The Bertz CT molecular complexity index is 552. The molecule has 1 heterocycles. The Morgan fingerprint density at radius 1 is 1.00 bits per heavy atom. The maximum atomic E-state index is 12.6. The van der Waals surface area contributed by atoms with Crippen LogP contribution in [0.1, 0.15) is 12.8 Å². The Labute approximate surface area is 138 Å². The summed E-state index contributed by atoms with van der Waals surface area (Å²) in [6.07, 6.45) is 1.35. The predicted molar refractivity (Wildman–Crippen MR) is 85.6 cm³/mol. The summed E-state index contributed by atoms with van der Waals surface area (Å²) in [6, 6.07) is 6.98. The highest BCUT2D eigenvalue weighted by molar-refractivity contribution is 9.12. The highest BCUT2D eigenvalue weighted by Crippen LogP contribution is 2.45. The van der Waals surface area contributed by atoms with Crippen LogP contribution in [0.15, 0.2) is 24.3 Å². The molecule has 0 spiro atoms. The van der Waals surface area contributed by atoms with Crippen LogP contribution in [0, 0.1) is 11.8 Å². The Balaban J connectivity index is 1.97. The van der Waals surface area contributed by atoms with Gasteiger partial charge in [0.05, 0.1) is 22.5 Å². The van der Waals surface area contributed by atoms with Crippen LogP contribution in [0.25, 0.3) is 0 Å². The smallest absolute Gasteiger partial charge is 0.237 e. The van der Waals surface area contributed by atoms with Gasteiger partial charge in [-0.2, -0.15) is 0 Å². The molecule has 0 unspecified atom stereocenters. The summed E-state index contributed by atoms with van der Waals surface area (Å²) < 4.78 is 0. The van der Waals surface area contributed by atoms with Crippen molar-refractivity contribution in [2.45, 2.75) is 22.5 Å². The molecular formula is C14H12Br2ClNO2. The molecule has 1 aliphatic heterocycles. The summed E-state index contributed by atoms with van der Waals surface area (Å²) in [5.41, 5.74) is 0.496. The molecule has 1 saturated carbocycles. The number of rotatable bonds is 1. The van der Waals surface area contributed by atoms with Crippen LogP contribution in [-0.4, -0.2) is 21.5 Å². The van der Waals surface area contributed by atoms with Crippen LogP contribution in [-0.2, 0) is 9.59 Å². The first-order valence-electron chi connectivity index (χ1n) is 6.41. The van der Waals surface area contributed by atoms with Crippen molar-refractivity contribution >= 4 is 61.0 Å². The molecule has 2 amide bonds. The van der Waals surface area contributed by atoms with Crippen LogP contribution >= 0.6 is 43.5 Å². The quantitative estimate of drug-likeness (QED) is 0.511. The van der Waals surface area contributed by atoms with Crippen molar-refractivity contribution in [2.75, 3.05) is 4.90 Å². The number of halogens is 3. The fourth-order valence-electron chi connectivity index (χ4n) is 2.97. The second-order valence-electron chi connectivity index (χ2n) is 5.18. The molecule has 6 heteroatoms. The molecule has 0 N–H and O–H groups in total. The summed E-state index contributed by atoms with van der Waals surface area (Å²) in [5.74, 6) is -0.734. The van der Waals surface area contributed by atoms with E-state index in [0.717, 1.165) is 0 Å². The first-order valence-corrected chi connectivity index (χ1v) is 8.62. The van der Waals surface area contributed by atoms with Crippen molar-refractivity contribution in [3.8, 4) is 0 Å². The Morgan fingerprint density at radius 2 is 1.50 bits per heavy atom. The van der Waals surface area contributed by atoms with Crippen LogP contribution < -0.4 is 4.90 Å². The Morgan fingerprint density at radius 3 is 2.00 bits per heavy atom. The predicted octanol–water partition coefficient (Wildman–Crippen LogP) is 3.77. The fourth-order valence-corrected chi connectivity index (χ4v) is 4.42. The van der Waals surface area contributed by atoms with Gasteiger partial charge in [-0.25, -0.2) is 4.90 Å². The monoisotopic (exact) mass is 419 g/mol. The normalized spacial score (nSPS) is 33.5. The lowest BCUT2D eigenvalue weighted by atomic mass is 9.81. The van der Waals surface area contributed by atoms with Gasteiger partial charge in [-0.05, 0) is 25.0 Å². The SMILES string of the molecule is O=C1[C@H]2C[C@@H](Br)[C@H](Br)C[C@@H]2C(=O)N1c1ccccc1Cl. The van der Waals surface area contributed by atoms with E-state index < -0.39 is 0 Å². The molecule has 1 saturated heterocycles. The number of nitrogens with zero attached hydrogens (tertiary/aromatic N) is 1. The lowest BCUT2D eigenvalue weighted by Crippen LogP contribution is -2.34. The largest absolute Gasteiger partial charge is 0.274 e. The maximum absolute atomic E-state index is 12.6. The second kappa shape index (κ2) is 5.43. The van der Waals surface area contributed by atoms with E-state index in [-0.39, 0.29) is 33.3 Å². The van der Waals surface area contributed by atoms with Gasteiger partial charge in [0.2, 0.25) is 11.8 Å². The van der Waals surface area contributed by atoms with Crippen molar-refractivity contribution in [3.05, 3.63) is 29.3 Å². The molecule has 1 aromatic carbocycles. The van der Waals surface area contributed by atoms with E-state index in [2.05, 4.69) is 31.9 Å². The molecule has 0 bridgehead atoms. The van der Waals surface area contributed by atoms with Crippen LogP contribution in [0.2, 0.25) is 5.02 Å². The number of benzene rings is 1. The van der Waals surface area contributed by atoms with E-state index in [9.17, 15) is 9.59 Å². The van der Waals surface area contributed by atoms with E-state index in [4.69, 9.17) is 11.6 Å². The second-order valence-corrected chi connectivity index (χ2v) is 7.94. The van der Waals surface area contributed by atoms with E-state index in [1.54, 1.807) is 24.3 Å². The summed E-state index contributed by atoms with van der Waals surface area (Å²) in [7, 11) is 0. The number of anilines is 1. The first kappa shape index (κ1) is 14.5. The number of para-hydroxylation sites is 1. The van der Waals surface area contributed by atoms with Crippen molar-refractivity contribution in [1.82, 2.24) is 0 Å². The molecule has 106 valence electrons. The Kier molecular flexibility index (Phi) is 3.95. The highest BCUT2D eigenvalue weighted by atomic mass is 79.9. The van der Waals surface area contributed by atoms with Gasteiger partial charge in [0, 0.05) is 9.65 Å². The summed E-state index contributed by atoms with van der Waals surface area (Å²) in [4.78, 5) is 26.8. The van der Waals surface area contributed by atoms with Gasteiger partial charge in [-0.3, -0.25) is 9.59 Å². The minimum absolute atomic E-state index is 0.128. The van der Waals surface area contributed by atoms with E-state index in [1.807, 2.05) is 0 Å².